The van der Waals surface area contributed by atoms with Crippen molar-refractivity contribution in [3.63, 3.8) is 0 Å². The van der Waals surface area contributed by atoms with Gasteiger partial charge in [-0.2, -0.15) is 4.80 Å². The highest BCUT2D eigenvalue weighted by atomic mass is 35.5. The Morgan fingerprint density at radius 2 is 1.66 bits per heavy atom. The van der Waals surface area contributed by atoms with Crippen LogP contribution in [0.3, 0.4) is 0 Å². The van der Waals surface area contributed by atoms with Gasteiger partial charge in [0.05, 0.1) is 21.3 Å². The Balaban J connectivity index is 1.66. The third-order valence-electron chi connectivity index (χ3n) is 4.11. The van der Waals surface area contributed by atoms with E-state index in [1.807, 2.05) is 30.3 Å². The van der Waals surface area contributed by atoms with Crippen molar-refractivity contribution in [2.45, 2.75) is 0 Å². The molecule has 1 aromatic heterocycles. The first-order chi connectivity index (χ1) is 13.9. The van der Waals surface area contributed by atoms with E-state index in [1.54, 1.807) is 12.1 Å². The Hall–Kier alpha value is -3.49. The van der Waals surface area contributed by atoms with Crippen molar-refractivity contribution in [2.24, 2.45) is 0 Å². The lowest BCUT2D eigenvalue weighted by molar-refractivity contribution is -0.384. The Bertz CT molecular complexity index is 1260. The molecule has 10 heteroatoms. The molecular weight excluding hydrogens is 417 g/mol. The average molecular weight is 428 g/mol. The quantitative estimate of drug-likeness (QED) is 0.368. The van der Waals surface area contributed by atoms with E-state index in [-0.39, 0.29) is 21.3 Å². The minimum absolute atomic E-state index is 0.0523. The lowest BCUT2D eigenvalue weighted by atomic mass is 10.2. The third kappa shape index (κ3) is 3.75. The minimum Gasteiger partial charge on any atom is -0.321 e. The zero-order valence-corrected chi connectivity index (χ0v) is 16.1. The average Bonchev–Trinajstić information content (AvgIpc) is 3.11. The molecule has 4 rings (SSSR count). The number of hydrogen-bond acceptors (Lipinski definition) is 5. The van der Waals surface area contributed by atoms with Gasteiger partial charge >= 0.3 is 0 Å². The van der Waals surface area contributed by atoms with Crippen LogP contribution < -0.4 is 5.32 Å². The predicted molar refractivity (Wildman–Crippen MR) is 110 cm³/mol. The number of para-hydroxylation sites is 1. The van der Waals surface area contributed by atoms with Gasteiger partial charge in [-0.3, -0.25) is 14.9 Å². The number of anilines is 1. The molecule has 0 aliphatic rings. The molecule has 8 nitrogen and oxygen atoms in total. The summed E-state index contributed by atoms with van der Waals surface area (Å²) >= 11 is 12.1. The van der Waals surface area contributed by atoms with Gasteiger partial charge in [0.1, 0.15) is 16.1 Å². The van der Waals surface area contributed by atoms with Crippen molar-refractivity contribution in [1.82, 2.24) is 15.0 Å². The molecule has 29 heavy (non-hydrogen) atoms. The second-order valence-electron chi connectivity index (χ2n) is 6.02. The van der Waals surface area contributed by atoms with Crippen LogP contribution >= 0.6 is 23.2 Å². The van der Waals surface area contributed by atoms with Gasteiger partial charge in [-0.05, 0) is 36.4 Å². The van der Waals surface area contributed by atoms with Gasteiger partial charge in [-0.25, -0.2) is 0 Å². The van der Waals surface area contributed by atoms with Crippen molar-refractivity contribution < 1.29 is 9.72 Å². The molecule has 0 saturated heterocycles. The van der Waals surface area contributed by atoms with E-state index < -0.39 is 10.8 Å². The van der Waals surface area contributed by atoms with E-state index in [0.717, 1.165) is 11.8 Å². The van der Waals surface area contributed by atoms with Crippen molar-refractivity contribution in [3.05, 3.63) is 86.4 Å². The Labute approximate surface area is 173 Å². The molecule has 1 amide bonds. The first-order valence-electron chi connectivity index (χ1n) is 8.30. The fourth-order valence-electron chi connectivity index (χ4n) is 2.70. The zero-order valence-electron chi connectivity index (χ0n) is 14.5. The Morgan fingerprint density at radius 3 is 2.34 bits per heavy atom. The van der Waals surface area contributed by atoms with Crippen LogP contribution in [-0.2, 0) is 0 Å². The fraction of sp³-hybridized carbons (Fsp3) is 0. The molecule has 1 N–H and O–H groups in total. The summed E-state index contributed by atoms with van der Waals surface area (Å²) < 4.78 is 0. The summed E-state index contributed by atoms with van der Waals surface area (Å²) in [6, 6.07) is 16.3. The van der Waals surface area contributed by atoms with Crippen LogP contribution in [-0.4, -0.2) is 25.8 Å². The SMILES string of the molecule is O=C(Nc1cc2nn(-c3ccccc3)nc2cc1Cl)c1ccc(Cl)c([N+](=O)[O-])c1. The second-order valence-corrected chi connectivity index (χ2v) is 6.84. The molecule has 0 aliphatic heterocycles. The van der Waals surface area contributed by atoms with E-state index in [9.17, 15) is 14.9 Å². The van der Waals surface area contributed by atoms with E-state index in [1.165, 1.54) is 16.9 Å². The molecular formula is C19H11Cl2N5O3. The van der Waals surface area contributed by atoms with E-state index in [2.05, 4.69) is 15.5 Å². The summed E-state index contributed by atoms with van der Waals surface area (Å²) in [4.78, 5) is 24.4. The Morgan fingerprint density at radius 1 is 0.966 bits per heavy atom. The summed E-state index contributed by atoms with van der Waals surface area (Å²) in [7, 11) is 0. The lowest BCUT2D eigenvalue weighted by Gasteiger charge is -2.07. The number of carbonyl (C=O) groups is 1. The molecule has 144 valence electrons. The first kappa shape index (κ1) is 18.9. The molecule has 0 saturated carbocycles. The molecule has 0 unspecified atom stereocenters. The van der Waals surface area contributed by atoms with E-state index in [4.69, 9.17) is 23.2 Å². The number of nitro benzene ring substituents is 1. The van der Waals surface area contributed by atoms with Gasteiger partial charge in [0, 0.05) is 11.6 Å². The molecule has 0 atom stereocenters. The van der Waals surface area contributed by atoms with Crippen LogP contribution in [0, 0.1) is 10.1 Å². The first-order valence-corrected chi connectivity index (χ1v) is 9.05. The molecule has 0 fully saturated rings. The number of hydrogen-bond donors (Lipinski definition) is 1. The number of nitrogens with one attached hydrogen (secondary N) is 1. The summed E-state index contributed by atoms with van der Waals surface area (Å²) in [5.41, 5.74) is 1.88. The monoisotopic (exact) mass is 427 g/mol. The number of amides is 1. The van der Waals surface area contributed by atoms with Crippen LogP contribution in [0.15, 0.2) is 60.7 Å². The van der Waals surface area contributed by atoms with Crippen molar-refractivity contribution in [2.75, 3.05) is 5.32 Å². The maximum Gasteiger partial charge on any atom is 0.288 e. The molecule has 0 spiro atoms. The van der Waals surface area contributed by atoms with Crippen LogP contribution in [0.2, 0.25) is 10.0 Å². The van der Waals surface area contributed by atoms with Gasteiger partial charge in [-0.1, -0.05) is 41.4 Å². The predicted octanol–water partition coefficient (Wildman–Crippen LogP) is 4.89. The number of carbonyl (C=O) groups excluding carboxylic acids is 1. The molecule has 1 heterocycles. The highest BCUT2D eigenvalue weighted by Crippen LogP contribution is 2.29. The lowest BCUT2D eigenvalue weighted by Crippen LogP contribution is -2.12. The van der Waals surface area contributed by atoms with Crippen LogP contribution in [0.5, 0.6) is 0 Å². The van der Waals surface area contributed by atoms with Gasteiger partial charge in [-0.15, -0.1) is 10.2 Å². The Kier molecular flexibility index (Phi) is 4.87. The number of halogens is 2. The van der Waals surface area contributed by atoms with Gasteiger partial charge in [0.25, 0.3) is 11.6 Å². The van der Waals surface area contributed by atoms with Gasteiger partial charge < -0.3 is 5.32 Å². The zero-order chi connectivity index (χ0) is 20.5. The van der Waals surface area contributed by atoms with E-state index >= 15 is 0 Å². The molecule has 0 radical (unpaired) electrons. The summed E-state index contributed by atoms with van der Waals surface area (Å²) in [6.07, 6.45) is 0. The van der Waals surface area contributed by atoms with Crippen LogP contribution in [0.1, 0.15) is 10.4 Å². The molecule has 0 aliphatic carbocycles. The molecule has 4 aromatic rings. The third-order valence-corrected chi connectivity index (χ3v) is 4.74. The van der Waals surface area contributed by atoms with Crippen LogP contribution in [0.4, 0.5) is 11.4 Å². The topological polar surface area (TPSA) is 103 Å². The number of nitrogens with zero attached hydrogens (tertiary/aromatic N) is 4. The summed E-state index contributed by atoms with van der Waals surface area (Å²) in [5, 5.41) is 22.7. The normalized spacial score (nSPS) is 10.8. The molecule has 0 bridgehead atoms. The van der Waals surface area contributed by atoms with Crippen molar-refractivity contribution in [1.29, 1.82) is 0 Å². The van der Waals surface area contributed by atoms with E-state index in [0.29, 0.717) is 16.7 Å². The maximum atomic E-state index is 12.5. The van der Waals surface area contributed by atoms with Crippen molar-refractivity contribution >= 4 is 51.5 Å². The highest BCUT2D eigenvalue weighted by Gasteiger charge is 2.18. The number of rotatable bonds is 4. The fourth-order valence-corrected chi connectivity index (χ4v) is 3.09. The standard InChI is InChI=1S/C19H11Cl2N5O3/c20-13-7-6-11(8-18(13)26(28)29)19(27)22-15-10-17-16(9-14(15)21)23-25(24-17)12-4-2-1-3-5-12/h1-10H,(H,22,27). The molecule has 3 aromatic carbocycles. The number of fused-ring (bicyclic) bond motifs is 1. The summed E-state index contributed by atoms with van der Waals surface area (Å²) in [5.74, 6) is -0.568. The number of benzene rings is 3. The maximum absolute atomic E-state index is 12.5. The van der Waals surface area contributed by atoms with Gasteiger partial charge in [0.2, 0.25) is 0 Å². The van der Waals surface area contributed by atoms with Crippen LogP contribution in [0.25, 0.3) is 16.7 Å². The largest absolute Gasteiger partial charge is 0.321 e. The number of aromatic nitrogens is 3. The smallest absolute Gasteiger partial charge is 0.288 e. The second kappa shape index (κ2) is 7.50. The van der Waals surface area contributed by atoms with Crippen molar-refractivity contribution in [3.8, 4) is 5.69 Å². The highest BCUT2D eigenvalue weighted by molar-refractivity contribution is 6.35. The van der Waals surface area contributed by atoms with Gasteiger partial charge in [0.15, 0.2) is 0 Å². The summed E-state index contributed by atoms with van der Waals surface area (Å²) in [6.45, 7) is 0. The number of nitro groups is 1. The minimum atomic E-state index is -0.653.